The van der Waals surface area contributed by atoms with Crippen LogP contribution in [0.25, 0.3) is 0 Å². The summed E-state index contributed by atoms with van der Waals surface area (Å²) in [6.07, 6.45) is 0.176. The van der Waals surface area contributed by atoms with Crippen molar-refractivity contribution in [2.75, 3.05) is 0 Å². The lowest BCUT2D eigenvalue weighted by atomic mass is 9.61. The number of benzene rings is 1. The summed E-state index contributed by atoms with van der Waals surface area (Å²) in [4.78, 5) is 39.9. The number of aromatic hydroxyl groups is 2. The van der Waals surface area contributed by atoms with E-state index in [4.69, 9.17) is 9.47 Å². The Bertz CT molecular complexity index is 1140. The number of fused-ring (bicyclic) bond motifs is 4. The van der Waals surface area contributed by atoms with Gasteiger partial charge in [0, 0.05) is 18.4 Å². The van der Waals surface area contributed by atoms with E-state index in [1.165, 1.54) is 0 Å². The maximum atomic E-state index is 13.7. The molecule has 2 aliphatic heterocycles. The van der Waals surface area contributed by atoms with Crippen molar-refractivity contribution < 1.29 is 34.1 Å². The third kappa shape index (κ3) is 2.83. The molecule has 1 aromatic carbocycles. The van der Waals surface area contributed by atoms with Crippen LogP contribution < -0.4 is 4.74 Å². The van der Waals surface area contributed by atoms with E-state index in [-0.39, 0.29) is 69.7 Å². The Labute approximate surface area is 193 Å². The van der Waals surface area contributed by atoms with Gasteiger partial charge in [0.25, 0.3) is 5.79 Å². The van der Waals surface area contributed by atoms with Gasteiger partial charge < -0.3 is 19.7 Å². The van der Waals surface area contributed by atoms with Crippen LogP contribution in [0, 0.1) is 22.7 Å². The molecule has 178 valence electrons. The van der Waals surface area contributed by atoms with Crippen molar-refractivity contribution in [2.45, 2.75) is 73.5 Å². The Balaban J connectivity index is 2.03. The molecule has 0 saturated carbocycles. The first-order valence-corrected chi connectivity index (χ1v) is 11.4. The highest BCUT2D eigenvalue weighted by Gasteiger charge is 2.69. The third-order valence-electron chi connectivity index (χ3n) is 7.22. The number of rotatable bonds is 4. The summed E-state index contributed by atoms with van der Waals surface area (Å²) in [7, 11) is 0. The van der Waals surface area contributed by atoms with Gasteiger partial charge in [0.2, 0.25) is 0 Å². The molecule has 2 N–H and O–H groups in total. The van der Waals surface area contributed by atoms with Gasteiger partial charge in [-0.25, -0.2) is 0 Å². The molecule has 0 unspecified atom stereocenters. The number of ketones is 3. The molecule has 4 rings (SSSR count). The van der Waals surface area contributed by atoms with Gasteiger partial charge >= 0.3 is 0 Å². The van der Waals surface area contributed by atoms with Gasteiger partial charge in [0.1, 0.15) is 34.5 Å². The van der Waals surface area contributed by atoms with Crippen LogP contribution in [0.4, 0.5) is 0 Å². The molecule has 2 heterocycles. The van der Waals surface area contributed by atoms with E-state index in [2.05, 4.69) is 0 Å². The summed E-state index contributed by atoms with van der Waals surface area (Å²) in [6.45, 7) is 14.1. The van der Waals surface area contributed by atoms with E-state index < -0.39 is 22.5 Å². The summed E-state index contributed by atoms with van der Waals surface area (Å²) < 4.78 is 12.7. The maximum absolute atomic E-state index is 13.7. The average Bonchev–Trinajstić information content (AvgIpc) is 3.18. The second-order valence-electron chi connectivity index (χ2n) is 11.2. The van der Waals surface area contributed by atoms with E-state index in [9.17, 15) is 24.6 Å². The number of carbonyl (C=O) groups is 3. The van der Waals surface area contributed by atoms with Crippen molar-refractivity contribution in [3.05, 3.63) is 28.5 Å². The topological polar surface area (TPSA) is 110 Å². The highest BCUT2D eigenvalue weighted by molar-refractivity contribution is 6.20. The fourth-order valence-corrected chi connectivity index (χ4v) is 5.56. The quantitative estimate of drug-likeness (QED) is 0.501. The summed E-state index contributed by atoms with van der Waals surface area (Å²) in [5.74, 6) is -3.87. The van der Waals surface area contributed by atoms with Crippen LogP contribution in [-0.4, -0.2) is 33.3 Å². The largest absolute Gasteiger partial charge is 0.507 e. The molecule has 0 aromatic heterocycles. The summed E-state index contributed by atoms with van der Waals surface area (Å²) >= 11 is 0. The number of phenolic OH excluding ortho intramolecular Hbond substituents is 2. The molecule has 1 aliphatic carbocycles. The van der Waals surface area contributed by atoms with E-state index in [1.807, 2.05) is 27.7 Å². The van der Waals surface area contributed by atoms with Crippen molar-refractivity contribution >= 4 is 17.3 Å². The number of phenols is 2. The molecule has 1 aromatic rings. The number of carbonyl (C=O) groups excluding carboxylic acids is 3. The molecular weight excluding hydrogens is 424 g/mol. The minimum Gasteiger partial charge on any atom is -0.507 e. The SMILES string of the molecule is CC(C)CC(=O)c1c(O)cc(O)c2c1O[C@@]1(C(C)C)OC3=C(C(=O)C(C)(C)C(=O)C3(C)C)[C@@H]21. The van der Waals surface area contributed by atoms with Crippen molar-refractivity contribution in [1.82, 2.24) is 0 Å². The lowest BCUT2D eigenvalue weighted by Crippen LogP contribution is -2.48. The molecular formula is C26H32O7. The van der Waals surface area contributed by atoms with Crippen LogP contribution in [0.5, 0.6) is 17.2 Å². The smallest absolute Gasteiger partial charge is 0.264 e. The second kappa shape index (κ2) is 6.84. The lowest BCUT2D eigenvalue weighted by Gasteiger charge is -2.38. The van der Waals surface area contributed by atoms with E-state index in [0.29, 0.717) is 5.57 Å². The number of hydrogen-bond donors (Lipinski definition) is 2. The van der Waals surface area contributed by atoms with Gasteiger partial charge in [-0.3, -0.25) is 14.4 Å². The van der Waals surface area contributed by atoms with Crippen LogP contribution in [0.15, 0.2) is 17.4 Å². The molecule has 0 spiro atoms. The zero-order valence-corrected chi connectivity index (χ0v) is 20.5. The Morgan fingerprint density at radius 3 is 2.15 bits per heavy atom. The Morgan fingerprint density at radius 2 is 1.61 bits per heavy atom. The predicted molar refractivity (Wildman–Crippen MR) is 120 cm³/mol. The molecule has 7 heteroatoms. The van der Waals surface area contributed by atoms with Crippen molar-refractivity contribution in [3.8, 4) is 17.2 Å². The fraction of sp³-hybridized carbons (Fsp3) is 0.577. The molecule has 7 nitrogen and oxygen atoms in total. The summed E-state index contributed by atoms with van der Waals surface area (Å²) in [6, 6.07) is 1.12. The summed E-state index contributed by atoms with van der Waals surface area (Å²) in [5, 5.41) is 21.5. The highest BCUT2D eigenvalue weighted by atomic mass is 16.7. The van der Waals surface area contributed by atoms with Gasteiger partial charge in [-0.15, -0.1) is 0 Å². The van der Waals surface area contributed by atoms with Gasteiger partial charge in [0.05, 0.1) is 22.0 Å². The van der Waals surface area contributed by atoms with Crippen LogP contribution in [0.2, 0.25) is 0 Å². The Morgan fingerprint density at radius 1 is 1.00 bits per heavy atom. The molecule has 33 heavy (non-hydrogen) atoms. The molecule has 0 fully saturated rings. The number of allylic oxidation sites excluding steroid dienone is 1. The predicted octanol–water partition coefficient (Wildman–Crippen LogP) is 4.64. The standard InChI is InChI=1S/C26H32O7/c1-11(2)9-13(27)16-14(28)10-15(29)17-19-18-21(30)24(5,6)23(31)25(7,8)22(18)33-26(19,12(3)4)32-20(16)17/h10-12,19,28-29H,9H2,1-8H3/t19-,26+/m1/s1. The summed E-state index contributed by atoms with van der Waals surface area (Å²) in [5.41, 5.74) is -1.85. The van der Waals surface area contributed by atoms with Crippen LogP contribution in [0.3, 0.4) is 0 Å². The van der Waals surface area contributed by atoms with E-state index in [0.717, 1.165) is 6.07 Å². The van der Waals surface area contributed by atoms with Crippen LogP contribution in [0.1, 0.15) is 83.7 Å². The van der Waals surface area contributed by atoms with Crippen LogP contribution >= 0.6 is 0 Å². The molecule has 3 aliphatic rings. The molecule has 0 radical (unpaired) electrons. The second-order valence-corrected chi connectivity index (χ2v) is 11.2. The minimum absolute atomic E-state index is 0.0190. The van der Waals surface area contributed by atoms with Crippen molar-refractivity contribution in [2.24, 2.45) is 22.7 Å². The Hall–Kier alpha value is -2.83. The van der Waals surface area contributed by atoms with Crippen molar-refractivity contribution in [1.29, 1.82) is 0 Å². The van der Waals surface area contributed by atoms with Crippen molar-refractivity contribution in [3.63, 3.8) is 0 Å². The minimum atomic E-state index is -1.43. The molecule has 2 atom stereocenters. The number of hydrogen-bond acceptors (Lipinski definition) is 7. The zero-order valence-electron chi connectivity index (χ0n) is 20.5. The first-order chi connectivity index (χ1) is 15.1. The number of Topliss-reactive ketones (excluding diaryl/α,β-unsaturated/α-hetero) is 3. The van der Waals surface area contributed by atoms with Crippen LogP contribution in [-0.2, 0) is 14.3 Å². The van der Waals surface area contributed by atoms with E-state index >= 15 is 0 Å². The third-order valence-corrected chi connectivity index (χ3v) is 7.22. The molecule has 0 bridgehead atoms. The fourth-order valence-electron chi connectivity index (χ4n) is 5.56. The monoisotopic (exact) mass is 456 g/mol. The number of ether oxygens (including phenoxy) is 2. The van der Waals surface area contributed by atoms with Gasteiger partial charge in [-0.1, -0.05) is 27.7 Å². The van der Waals surface area contributed by atoms with Gasteiger partial charge in [0.15, 0.2) is 17.3 Å². The molecule has 0 amide bonds. The van der Waals surface area contributed by atoms with Gasteiger partial charge in [-0.2, -0.15) is 0 Å². The normalized spacial score (nSPS) is 26.8. The maximum Gasteiger partial charge on any atom is 0.264 e. The average molecular weight is 457 g/mol. The Kier molecular flexibility index (Phi) is 4.84. The first-order valence-electron chi connectivity index (χ1n) is 11.4. The van der Waals surface area contributed by atoms with Gasteiger partial charge in [-0.05, 0) is 33.6 Å². The first kappa shape index (κ1) is 23.3. The molecule has 0 saturated heterocycles. The zero-order chi connectivity index (χ0) is 24.8. The van der Waals surface area contributed by atoms with E-state index in [1.54, 1.807) is 27.7 Å². The lowest BCUT2D eigenvalue weighted by molar-refractivity contribution is -0.177. The highest BCUT2D eigenvalue weighted by Crippen LogP contribution is 2.66.